The predicted octanol–water partition coefficient (Wildman–Crippen LogP) is 2.98. The lowest BCUT2D eigenvalue weighted by Crippen LogP contribution is -2.46. The number of aryl methyl sites for hydroxylation is 1. The SMILES string of the molecule is Cn1nc(-c2ncccc2F)cc1CN1CCN(CCc2ccccc2)CC1. The van der Waals surface area contributed by atoms with E-state index in [1.807, 2.05) is 17.8 Å². The quantitative estimate of drug-likeness (QED) is 0.660. The van der Waals surface area contributed by atoms with Crippen LogP contribution in [0.2, 0.25) is 0 Å². The molecular formula is C22H26FN5. The molecule has 6 heteroatoms. The van der Waals surface area contributed by atoms with Gasteiger partial charge < -0.3 is 4.90 Å². The van der Waals surface area contributed by atoms with Gasteiger partial charge >= 0.3 is 0 Å². The molecule has 0 bridgehead atoms. The number of hydrogen-bond donors (Lipinski definition) is 0. The molecule has 1 aliphatic heterocycles. The Bertz CT molecular complexity index is 900. The second-order valence-electron chi connectivity index (χ2n) is 7.33. The molecule has 3 heterocycles. The second kappa shape index (κ2) is 8.63. The second-order valence-corrected chi connectivity index (χ2v) is 7.33. The molecule has 2 aromatic heterocycles. The summed E-state index contributed by atoms with van der Waals surface area (Å²) >= 11 is 0. The summed E-state index contributed by atoms with van der Waals surface area (Å²) in [5.41, 5.74) is 3.39. The van der Waals surface area contributed by atoms with E-state index in [-0.39, 0.29) is 5.82 Å². The first-order valence-electron chi connectivity index (χ1n) is 9.81. The molecule has 1 aliphatic rings. The molecule has 0 aliphatic carbocycles. The lowest BCUT2D eigenvalue weighted by Gasteiger charge is -2.34. The highest BCUT2D eigenvalue weighted by Gasteiger charge is 2.19. The largest absolute Gasteiger partial charge is 0.300 e. The summed E-state index contributed by atoms with van der Waals surface area (Å²) in [6.45, 7) is 6.15. The van der Waals surface area contributed by atoms with Crippen molar-refractivity contribution < 1.29 is 4.39 Å². The molecule has 0 saturated carbocycles. The highest BCUT2D eigenvalue weighted by molar-refractivity contribution is 5.54. The van der Waals surface area contributed by atoms with Crippen LogP contribution in [0.25, 0.3) is 11.4 Å². The standard InChI is InChI=1S/C22H26FN5/c1-26-19(16-21(25-26)22-20(23)8-5-10-24-22)17-28-14-12-27(13-15-28)11-9-18-6-3-2-4-7-18/h2-8,10,16H,9,11-15,17H2,1H3. The summed E-state index contributed by atoms with van der Waals surface area (Å²) in [5, 5.41) is 4.46. The molecule has 0 N–H and O–H groups in total. The van der Waals surface area contributed by atoms with Gasteiger partial charge in [-0.15, -0.1) is 0 Å². The Labute approximate surface area is 165 Å². The van der Waals surface area contributed by atoms with E-state index in [1.54, 1.807) is 12.3 Å². The summed E-state index contributed by atoms with van der Waals surface area (Å²) in [6.07, 6.45) is 2.70. The van der Waals surface area contributed by atoms with Crippen LogP contribution in [0.3, 0.4) is 0 Å². The van der Waals surface area contributed by atoms with E-state index < -0.39 is 0 Å². The maximum Gasteiger partial charge on any atom is 0.151 e. The number of rotatable bonds is 6. The first-order valence-corrected chi connectivity index (χ1v) is 9.81. The van der Waals surface area contributed by atoms with Gasteiger partial charge in [-0.1, -0.05) is 30.3 Å². The first-order chi connectivity index (χ1) is 13.7. The van der Waals surface area contributed by atoms with Crippen LogP contribution in [0.15, 0.2) is 54.7 Å². The molecule has 28 heavy (non-hydrogen) atoms. The van der Waals surface area contributed by atoms with Gasteiger partial charge in [-0.25, -0.2) is 4.39 Å². The van der Waals surface area contributed by atoms with Crippen LogP contribution >= 0.6 is 0 Å². The van der Waals surface area contributed by atoms with E-state index in [0.717, 1.165) is 51.4 Å². The number of piperazine rings is 1. The summed E-state index contributed by atoms with van der Waals surface area (Å²) in [6, 6.07) is 15.6. The topological polar surface area (TPSA) is 37.2 Å². The zero-order chi connectivity index (χ0) is 19.3. The number of aromatic nitrogens is 3. The van der Waals surface area contributed by atoms with Crippen molar-refractivity contribution in [3.63, 3.8) is 0 Å². The van der Waals surface area contributed by atoms with Crippen molar-refractivity contribution in [1.29, 1.82) is 0 Å². The Morgan fingerprint density at radius 3 is 2.46 bits per heavy atom. The summed E-state index contributed by atoms with van der Waals surface area (Å²) in [5.74, 6) is -0.334. The monoisotopic (exact) mass is 379 g/mol. The fourth-order valence-corrected chi connectivity index (χ4v) is 3.68. The number of benzene rings is 1. The van der Waals surface area contributed by atoms with Crippen molar-refractivity contribution in [3.8, 4) is 11.4 Å². The van der Waals surface area contributed by atoms with Crippen molar-refractivity contribution in [2.24, 2.45) is 7.05 Å². The number of hydrogen-bond acceptors (Lipinski definition) is 4. The summed E-state index contributed by atoms with van der Waals surface area (Å²) < 4.78 is 15.8. The lowest BCUT2D eigenvalue weighted by molar-refractivity contribution is 0.126. The van der Waals surface area contributed by atoms with Crippen molar-refractivity contribution in [2.75, 3.05) is 32.7 Å². The highest BCUT2D eigenvalue weighted by Crippen LogP contribution is 2.20. The molecular weight excluding hydrogens is 353 g/mol. The van der Waals surface area contributed by atoms with Crippen LogP contribution in [0.4, 0.5) is 4.39 Å². The van der Waals surface area contributed by atoms with Crippen LogP contribution in [-0.2, 0) is 20.0 Å². The molecule has 0 amide bonds. The third-order valence-corrected chi connectivity index (χ3v) is 5.39. The normalized spacial score (nSPS) is 15.8. The van der Waals surface area contributed by atoms with Gasteiger partial charge in [-0.05, 0) is 30.2 Å². The molecule has 4 rings (SSSR count). The van der Waals surface area contributed by atoms with E-state index in [2.05, 4.69) is 50.2 Å². The third kappa shape index (κ3) is 4.46. The molecule has 1 saturated heterocycles. The zero-order valence-electron chi connectivity index (χ0n) is 16.3. The minimum absolute atomic E-state index is 0.315. The molecule has 0 spiro atoms. The average Bonchev–Trinajstić information content (AvgIpc) is 3.08. The first kappa shape index (κ1) is 18.8. The van der Waals surface area contributed by atoms with E-state index in [1.165, 1.54) is 11.6 Å². The van der Waals surface area contributed by atoms with Crippen LogP contribution in [0.1, 0.15) is 11.3 Å². The van der Waals surface area contributed by atoms with E-state index in [9.17, 15) is 4.39 Å². The van der Waals surface area contributed by atoms with Crippen molar-refractivity contribution in [3.05, 3.63) is 71.8 Å². The van der Waals surface area contributed by atoms with Gasteiger partial charge in [0.2, 0.25) is 0 Å². The summed E-state index contributed by atoms with van der Waals surface area (Å²) in [7, 11) is 1.91. The molecule has 5 nitrogen and oxygen atoms in total. The minimum atomic E-state index is -0.334. The Balaban J connectivity index is 1.31. The minimum Gasteiger partial charge on any atom is -0.300 e. The smallest absolute Gasteiger partial charge is 0.151 e. The number of pyridine rings is 1. The molecule has 146 valence electrons. The maximum atomic E-state index is 14.0. The van der Waals surface area contributed by atoms with Gasteiger partial charge in [0.25, 0.3) is 0 Å². The molecule has 0 unspecified atom stereocenters. The number of nitrogens with zero attached hydrogens (tertiary/aromatic N) is 5. The lowest BCUT2D eigenvalue weighted by atomic mass is 10.1. The predicted molar refractivity (Wildman–Crippen MR) is 108 cm³/mol. The third-order valence-electron chi connectivity index (χ3n) is 5.39. The molecule has 1 aromatic carbocycles. The van der Waals surface area contributed by atoms with E-state index in [0.29, 0.717) is 11.4 Å². The Morgan fingerprint density at radius 1 is 0.964 bits per heavy atom. The Morgan fingerprint density at radius 2 is 1.71 bits per heavy atom. The van der Waals surface area contributed by atoms with Crippen LogP contribution in [-0.4, -0.2) is 57.3 Å². The van der Waals surface area contributed by atoms with E-state index >= 15 is 0 Å². The zero-order valence-corrected chi connectivity index (χ0v) is 16.3. The Hall–Kier alpha value is -2.57. The van der Waals surface area contributed by atoms with Crippen molar-refractivity contribution in [1.82, 2.24) is 24.6 Å². The van der Waals surface area contributed by atoms with Crippen LogP contribution in [0.5, 0.6) is 0 Å². The van der Waals surface area contributed by atoms with Gasteiger partial charge in [-0.2, -0.15) is 5.10 Å². The van der Waals surface area contributed by atoms with Gasteiger partial charge in [0.1, 0.15) is 11.4 Å². The Kier molecular flexibility index (Phi) is 5.78. The van der Waals surface area contributed by atoms with Crippen LogP contribution in [0, 0.1) is 5.82 Å². The fourth-order valence-electron chi connectivity index (χ4n) is 3.68. The maximum absolute atomic E-state index is 14.0. The van der Waals surface area contributed by atoms with Crippen molar-refractivity contribution >= 4 is 0 Å². The molecule has 1 fully saturated rings. The van der Waals surface area contributed by atoms with Gasteiger partial charge in [-0.3, -0.25) is 14.6 Å². The van der Waals surface area contributed by atoms with Gasteiger partial charge in [0, 0.05) is 52.5 Å². The molecule has 3 aromatic rings. The van der Waals surface area contributed by atoms with Crippen LogP contribution < -0.4 is 0 Å². The molecule has 0 radical (unpaired) electrons. The van der Waals surface area contributed by atoms with Gasteiger partial charge in [0.15, 0.2) is 5.82 Å². The van der Waals surface area contributed by atoms with Crippen molar-refractivity contribution in [2.45, 2.75) is 13.0 Å². The summed E-state index contributed by atoms with van der Waals surface area (Å²) in [4.78, 5) is 9.10. The molecule has 0 atom stereocenters. The van der Waals surface area contributed by atoms with E-state index in [4.69, 9.17) is 0 Å². The fraction of sp³-hybridized carbons (Fsp3) is 0.364. The average molecular weight is 379 g/mol. The highest BCUT2D eigenvalue weighted by atomic mass is 19.1. The van der Waals surface area contributed by atoms with Gasteiger partial charge in [0.05, 0.1) is 5.69 Å². The number of halogens is 1.